The number of Topliss-reactive ketones (excluding diaryl/α,β-unsaturated/α-hetero) is 1. The van der Waals surface area contributed by atoms with E-state index in [9.17, 15) is 13.6 Å². The molecule has 0 aromatic rings. The third kappa shape index (κ3) is 2.16. The number of halogens is 3. The van der Waals surface area contributed by atoms with Crippen LogP contribution >= 0.6 is 11.6 Å². The first-order chi connectivity index (χ1) is 6.93. The number of alkyl halides is 3. The normalized spacial score (nSPS) is 29.9. The van der Waals surface area contributed by atoms with Crippen molar-refractivity contribution in [1.29, 1.82) is 0 Å². The van der Waals surface area contributed by atoms with Gasteiger partial charge in [-0.25, -0.2) is 0 Å². The molecule has 1 saturated heterocycles. The maximum Gasteiger partial charge on any atom is 0.380 e. The fraction of sp³-hybridized carbons (Fsp3) is 0.900. The first-order valence-electron chi connectivity index (χ1n) is 5.18. The Bertz CT molecular complexity index is 271. The van der Waals surface area contributed by atoms with E-state index < -0.39 is 17.1 Å². The van der Waals surface area contributed by atoms with Gasteiger partial charge in [0.25, 0.3) is 0 Å². The highest BCUT2D eigenvalue weighted by Crippen LogP contribution is 2.45. The molecule has 1 spiro atoms. The van der Waals surface area contributed by atoms with Crippen molar-refractivity contribution in [2.75, 3.05) is 6.61 Å². The number of ketones is 1. The van der Waals surface area contributed by atoms with E-state index >= 15 is 0 Å². The van der Waals surface area contributed by atoms with Gasteiger partial charge < -0.3 is 4.74 Å². The largest absolute Gasteiger partial charge is 0.380 e. The Morgan fingerprint density at radius 2 is 2.13 bits per heavy atom. The number of hydrogen-bond donors (Lipinski definition) is 0. The van der Waals surface area contributed by atoms with Gasteiger partial charge in [0.15, 0.2) is 0 Å². The Hall–Kier alpha value is -0.220. The van der Waals surface area contributed by atoms with Crippen LogP contribution in [-0.4, -0.2) is 23.4 Å². The molecule has 1 atom stereocenters. The molecule has 0 amide bonds. The number of carbonyl (C=O) groups is 1. The van der Waals surface area contributed by atoms with Crippen molar-refractivity contribution in [2.24, 2.45) is 5.92 Å². The van der Waals surface area contributed by atoms with Crippen LogP contribution in [0.25, 0.3) is 0 Å². The van der Waals surface area contributed by atoms with Crippen LogP contribution in [0, 0.1) is 5.92 Å². The van der Waals surface area contributed by atoms with Crippen molar-refractivity contribution in [2.45, 2.75) is 43.1 Å². The predicted octanol–water partition coefficient (Wildman–Crippen LogP) is 2.74. The summed E-state index contributed by atoms with van der Waals surface area (Å²) < 4.78 is 30.9. The van der Waals surface area contributed by atoms with Crippen molar-refractivity contribution in [3.05, 3.63) is 0 Å². The van der Waals surface area contributed by atoms with Gasteiger partial charge in [0.2, 0.25) is 5.78 Å². The fourth-order valence-corrected chi connectivity index (χ4v) is 2.56. The van der Waals surface area contributed by atoms with Crippen molar-refractivity contribution in [3.8, 4) is 0 Å². The molecule has 1 aliphatic heterocycles. The molecule has 2 aliphatic rings. The standard InChI is InChI=1S/C10H13ClF2O2/c11-10(12,13)8(14)7-2-5-15-9(6-7)3-1-4-9/h7H,1-6H2. The van der Waals surface area contributed by atoms with Crippen LogP contribution in [0.5, 0.6) is 0 Å². The van der Waals surface area contributed by atoms with Crippen molar-refractivity contribution in [1.82, 2.24) is 0 Å². The SMILES string of the molecule is O=C(C1CCOC2(CCC2)C1)C(F)(F)Cl. The molecule has 5 heteroatoms. The lowest BCUT2D eigenvalue weighted by molar-refractivity contribution is -0.164. The van der Waals surface area contributed by atoms with Crippen LogP contribution in [0.1, 0.15) is 32.1 Å². The van der Waals surface area contributed by atoms with E-state index in [2.05, 4.69) is 0 Å². The Balaban J connectivity index is 2.01. The van der Waals surface area contributed by atoms with E-state index in [1.54, 1.807) is 0 Å². The molecule has 0 aromatic heterocycles. The molecular weight excluding hydrogens is 226 g/mol. The Labute approximate surface area is 91.9 Å². The number of hydrogen-bond acceptors (Lipinski definition) is 2. The van der Waals surface area contributed by atoms with E-state index in [1.165, 1.54) is 0 Å². The average Bonchev–Trinajstić information content (AvgIpc) is 2.13. The van der Waals surface area contributed by atoms with Gasteiger partial charge in [0.1, 0.15) is 0 Å². The minimum atomic E-state index is -3.72. The van der Waals surface area contributed by atoms with Gasteiger partial charge in [-0.3, -0.25) is 4.79 Å². The number of ether oxygens (including phenoxy) is 1. The summed E-state index contributed by atoms with van der Waals surface area (Å²) in [6.45, 7) is 0.392. The lowest BCUT2D eigenvalue weighted by Gasteiger charge is -2.46. The molecule has 1 aliphatic carbocycles. The summed E-state index contributed by atoms with van der Waals surface area (Å²) in [5.74, 6) is -1.77. The monoisotopic (exact) mass is 238 g/mol. The van der Waals surface area contributed by atoms with Crippen LogP contribution in [0.2, 0.25) is 0 Å². The van der Waals surface area contributed by atoms with Crippen LogP contribution in [-0.2, 0) is 9.53 Å². The second-order valence-corrected chi connectivity index (χ2v) is 4.91. The zero-order chi connectivity index (χ0) is 11.1. The van der Waals surface area contributed by atoms with Crippen LogP contribution in [0.3, 0.4) is 0 Å². The molecule has 1 saturated carbocycles. The highest BCUT2D eigenvalue weighted by Gasteiger charge is 2.49. The van der Waals surface area contributed by atoms with Gasteiger partial charge in [-0.05, 0) is 43.7 Å². The second-order valence-electron chi connectivity index (χ2n) is 4.44. The second kappa shape index (κ2) is 3.67. The molecular formula is C10H13ClF2O2. The van der Waals surface area contributed by atoms with Crippen LogP contribution in [0.4, 0.5) is 8.78 Å². The highest BCUT2D eigenvalue weighted by atomic mass is 35.5. The molecule has 0 radical (unpaired) electrons. The van der Waals surface area contributed by atoms with Gasteiger partial charge in [-0.15, -0.1) is 0 Å². The maximum atomic E-state index is 12.6. The first kappa shape index (κ1) is 11.3. The first-order valence-corrected chi connectivity index (χ1v) is 5.56. The van der Waals surface area contributed by atoms with Crippen LogP contribution < -0.4 is 0 Å². The molecule has 2 rings (SSSR count). The van der Waals surface area contributed by atoms with E-state index in [0.29, 0.717) is 19.4 Å². The fourth-order valence-electron chi connectivity index (χ4n) is 2.40. The zero-order valence-electron chi connectivity index (χ0n) is 8.27. The van der Waals surface area contributed by atoms with Crippen LogP contribution in [0.15, 0.2) is 0 Å². The summed E-state index contributed by atoms with van der Waals surface area (Å²) in [5.41, 5.74) is -0.291. The topological polar surface area (TPSA) is 26.3 Å². The van der Waals surface area contributed by atoms with Crippen molar-refractivity contribution < 1.29 is 18.3 Å². The summed E-state index contributed by atoms with van der Waals surface area (Å²) in [5, 5.41) is -3.72. The summed E-state index contributed by atoms with van der Waals surface area (Å²) in [6.07, 6.45) is 3.59. The Morgan fingerprint density at radius 3 is 2.60 bits per heavy atom. The molecule has 15 heavy (non-hydrogen) atoms. The average molecular weight is 239 g/mol. The van der Waals surface area contributed by atoms with E-state index in [1.807, 2.05) is 0 Å². The smallest absolute Gasteiger partial charge is 0.375 e. The highest BCUT2D eigenvalue weighted by molar-refractivity contribution is 6.32. The zero-order valence-corrected chi connectivity index (χ0v) is 9.03. The minimum absolute atomic E-state index is 0.291. The lowest BCUT2D eigenvalue weighted by atomic mass is 9.71. The van der Waals surface area contributed by atoms with Gasteiger partial charge in [0, 0.05) is 12.5 Å². The molecule has 0 bridgehead atoms. The van der Waals surface area contributed by atoms with E-state index in [4.69, 9.17) is 16.3 Å². The maximum absolute atomic E-state index is 12.6. The molecule has 2 nitrogen and oxygen atoms in total. The predicted molar refractivity (Wildman–Crippen MR) is 51.1 cm³/mol. The minimum Gasteiger partial charge on any atom is -0.375 e. The lowest BCUT2D eigenvalue weighted by Crippen LogP contribution is -2.48. The van der Waals surface area contributed by atoms with Gasteiger partial charge in [0.05, 0.1) is 5.60 Å². The molecule has 0 aromatic carbocycles. The summed E-state index contributed by atoms with van der Waals surface area (Å²) in [4.78, 5) is 11.3. The van der Waals surface area contributed by atoms with E-state index in [0.717, 1.165) is 19.3 Å². The third-order valence-corrected chi connectivity index (χ3v) is 3.59. The Morgan fingerprint density at radius 1 is 1.47 bits per heavy atom. The summed E-state index contributed by atoms with van der Waals surface area (Å²) >= 11 is 4.75. The third-order valence-electron chi connectivity index (χ3n) is 3.41. The van der Waals surface area contributed by atoms with Gasteiger partial charge in [-0.1, -0.05) is 0 Å². The van der Waals surface area contributed by atoms with Crippen molar-refractivity contribution >= 4 is 17.4 Å². The number of carbonyl (C=O) groups excluding carboxylic acids is 1. The van der Waals surface area contributed by atoms with Gasteiger partial charge >= 0.3 is 5.38 Å². The molecule has 2 fully saturated rings. The molecule has 1 heterocycles. The molecule has 1 unspecified atom stereocenters. The summed E-state index contributed by atoms with van der Waals surface area (Å²) in [6, 6.07) is 0. The number of rotatable bonds is 2. The van der Waals surface area contributed by atoms with Gasteiger partial charge in [-0.2, -0.15) is 8.78 Å². The van der Waals surface area contributed by atoms with E-state index in [-0.39, 0.29) is 5.60 Å². The molecule has 0 N–H and O–H groups in total. The van der Waals surface area contributed by atoms with Crippen molar-refractivity contribution in [3.63, 3.8) is 0 Å². The summed E-state index contributed by atoms with van der Waals surface area (Å²) in [7, 11) is 0. The quantitative estimate of drug-likeness (QED) is 0.692. The Kier molecular flexibility index (Phi) is 2.75. The molecule has 86 valence electrons.